The third-order valence-corrected chi connectivity index (χ3v) is 9.53. The number of likely N-dealkylation sites (tertiary alicyclic amines) is 1. The number of rotatable bonds is 32. The van der Waals surface area contributed by atoms with Crippen LogP contribution in [0.4, 0.5) is 0 Å². The Kier molecular flexibility index (Phi) is 29.8. The van der Waals surface area contributed by atoms with E-state index in [1.807, 2.05) is 4.90 Å². The van der Waals surface area contributed by atoms with E-state index < -0.39 is 0 Å². The van der Waals surface area contributed by atoms with Gasteiger partial charge in [-0.3, -0.25) is 9.59 Å². The molecule has 262 valence electrons. The van der Waals surface area contributed by atoms with E-state index in [0.29, 0.717) is 13.0 Å². The number of nitrogens with one attached hydrogen (secondary N) is 1. The molecule has 0 radical (unpaired) electrons. The molecule has 1 atom stereocenters. The number of unbranched alkanes of at least 4 members (excludes halogenated alkanes) is 23. The van der Waals surface area contributed by atoms with Gasteiger partial charge >= 0.3 is 0 Å². The van der Waals surface area contributed by atoms with Crippen LogP contribution in [0.5, 0.6) is 0 Å². The molecule has 1 fully saturated rings. The lowest BCUT2D eigenvalue weighted by molar-refractivity contribution is -0.138. The normalized spacial score (nSPS) is 15.2. The standard InChI is InChI=1S/C41H76N2O2/c1-3-5-7-9-11-13-15-17-19-21-23-25-27-29-31-33-37-42-41(45)39-35-34-38-43(39)40(44)36-32-30-28-26-24-22-20-18-16-14-12-10-8-6-4-2/h25,27-28,30,39H,3-24,26,29,31-38H2,1-2H3,(H,42,45)/b27-25-,30-28+/t39-/m0/s1. The van der Waals surface area contributed by atoms with Crippen molar-refractivity contribution >= 4 is 11.8 Å². The van der Waals surface area contributed by atoms with Gasteiger partial charge in [-0.15, -0.1) is 0 Å². The summed E-state index contributed by atoms with van der Waals surface area (Å²) in [7, 11) is 0. The van der Waals surface area contributed by atoms with Gasteiger partial charge in [-0.05, 0) is 64.2 Å². The van der Waals surface area contributed by atoms with E-state index in [0.717, 1.165) is 51.5 Å². The molecule has 1 heterocycles. The second kappa shape index (κ2) is 32.4. The van der Waals surface area contributed by atoms with Gasteiger partial charge in [0.25, 0.3) is 0 Å². The van der Waals surface area contributed by atoms with Crippen molar-refractivity contribution in [1.82, 2.24) is 10.2 Å². The van der Waals surface area contributed by atoms with Gasteiger partial charge in [-0.2, -0.15) is 0 Å². The molecule has 1 aliphatic heterocycles. The van der Waals surface area contributed by atoms with Crippen molar-refractivity contribution in [2.45, 2.75) is 213 Å². The van der Waals surface area contributed by atoms with Gasteiger partial charge < -0.3 is 10.2 Å². The highest BCUT2D eigenvalue weighted by molar-refractivity contribution is 5.88. The summed E-state index contributed by atoms with van der Waals surface area (Å²) >= 11 is 0. The monoisotopic (exact) mass is 629 g/mol. The van der Waals surface area contributed by atoms with E-state index >= 15 is 0 Å². The van der Waals surface area contributed by atoms with Gasteiger partial charge in [0, 0.05) is 19.5 Å². The van der Waals surface area contributed by atoms with Crippen LogP contribution in [0.2, 0.25) is 0 Å². The van der Waals surface area contributed by atoms with Crippen LogP contribution in [0.3, 0.4) is 0 Å². The van der Waals surface area contributed by atoms with Crippen molar-refractivity contribution in [1.29, 1.82) is 0 Å². The summed E-state index contributed by atoms with van der Waals surface area (Å²) in [5.74, 6) is 0.184. The van der Waals surface area contributed by atoms with E-state index in [9.17, 15) is 9.59 Å². The minimum Gasteiger partial charge on any atom is -0.354 e. The highest BCUT2D eigenvalue weighted by Gasteiger charge is 2.33. The molecule has 0 unspecified atom stereocenters. The Morgan fingerprint density at radius 3 is 1.42 bits per heavy atom. The number of nitrogens with zero attached hydrogens (tertiary/aromatic N) is 1. The summed E-state index contributed by atoms with van der Waals surface area (Å²) in [6.07, 6.45) is 46.7. The maximum absolute atomic E-state index is 12.8. The Balaban J connectivity index is 1.97. The van der Waals surface area contributed by atoms with Crippen LogP contribution >= 0.6 is 0 Å². The molecule has 0 bridgehead atoms. The molecule has 0 saturated carbocycles. The smallest absolute Gasteiger partial charge is 0.242 e. The maximum Gasteiger partial charge on any atom is 0.242 e. The second-order valence-electron chi connectivity index (χ2n) is 13.8. The average Bonchev–Trinajstić information content (AvgIpc) is 3.55. The summed E-state index contributed by atoms with van der Waals surface area (Å²) < 4.78 is 0. The quantitative estimate of drug-likeness (QED) is 0.0595. The maximum atomic E-state index is 12.8. The first-order valence-electron chi connectivity index (χ1n) is 20.1. The van der Waals surface area contributed by atoms with E-state index in [1.165, 1.54) is 141 Å². The molecule has 45 heavy (non-hydrogen) atoms. The zero-order valence-corrected chi connectivity index (χ0v) is 30.3. The Bertz CT molecular complexity index is 731. The van der Waals surface area contributed by atoms with Crippen LogP contribution in [-0.4, -0.2) is 35.8 Å². The zero-order valence-electron chi connectivity index (χ0n) is 30.3. The van der Waals surface area contributed by atoms with Crippen molar-refractivity contribution < 1.29 is 9.59 Å². The SMILES string of the molecule is CCCCCCCCCCCC/C=C\CCCCNC(=O)[C@@H]1CCCN1C(=O)CC/C=C/CCCCCCCCCCCCC. The molecular formula is C41H76N2O2. The first kappa shape index (κ1) is 41.4. The van der Waals surface area contributed by atoms with Gasteiger partial charge in [0.2, 0.25) is 11.8 Å². The molecular weight excluding hydrogens is 552 g/mol. The summed E-state index contributed by atoms with van der Waals surface area (Å²) in [6.45, 7) is 6.00. The second-order valence-corrected chi connectivity index (χ2v) is 13.8. The predicted octanol–water partition coefficient (Wildman–Crippen LogP) is 12.2. The van der Waals surface area contributed by atoms with Gasteiger partial charge in [0.05, 0.1) is 0 Å². The molecule has 1 saturated heterocycles. The van der Waals surface area contributed by atoms with E-state index in [1.54, 1.807) is 0 Å². The van der Waals surface area contributed by atoms with Crippen molar-refractivity contribution in [2.24, 2.45) is 0 Å². The van der Waals surface area contributed by atoms with Gasteiger partial charge in [0.15, 0.2) is 0 Å². The molecule has 1 rings (SSSR count). The van der Waals surface area contributed by atoms with Crippen molar-refractivity contribution in [3.8, 4) is 0 Å². The average molecular weight is 629 g/mol. The van der Waals surface area contributed by atoms with Gasteiger partial charge in [-0.1, -0.05) is 160 Å². The van der Waals surface area contributed by atoms with E-state index in [4.69, 9.17) is 0 Å². The first-order valence-corrected chi connectivity index (χ1v) is 20.1. The van der Waals surface area contributed by atoms with Crippen molar-refractivity contribution in [3.05, 3.63) is 24.3 Å². The molecule has 1 aliphatic rings. The Morgan fingerprint density at radius 1 is 0.556 bits per heavy atom. The molecule has 0 aliphatic carbocycles. The van der Waals surface area contributed by atoms with Crippen LogP contribution in [0, 0.1) is 0 Å². The van der Waals surface area contributed by atoms with Crippen molar-refractivity contribution in [3.63, 3.8) is 0 Å². The number of carbonyl (C=O) groups excluding carboxylic acids is 2. The zero-order chi connectivity index (χ0) is 32.5. The molecule has 4 nitrogen and oxygen atoms in total. The van der Waals surface area contributed by atoms with Crippen LogP contribution in [0.15, 0.2) is 24.3 Å². The molecule has 0 aromatic carbocycles. The van der Waals surface area contributed by atoms with E-state index in [2.05, 4.69) is 43.5 Å². The Labute approximate surface area is 281 Å². The molecule has 0 aromatic rings. The molecule has 2 amide bonds. The van der Waals surface area contributed by atoms with Gasteiger partial charge in [-0.25, -0.2) is 0 Å². The van der Waals surface area contributed by atoms with Crippen LogP contribution in [-0.2, 0) is 9.59 Å². The fourth-order valence-corrected chi connectivity index (χ4v) is 6.55. The summed E-state index contributed by atoms with van der Waals surface area (Å²) in [5.41, 5.74) is 0. The Hall–Kier alpha value is -1.58. The number of hydrogen-bond donors (Lipinski definition) is 1. The molecule has 1 N–H and O–H groups in total. The third-order valence-electron chi connectivity index (χ3n) is 9.53. The number of amides is 2. The van der Waals surface area contributed by atoms with Crippen molar-refractivity contribution in [2.75, 3.05) is 13.1 Å². The number of carbonyl (C=O) groups is 2. The van der Waals surface area contributed by atoms with Crippen LogP contribution in [0.1, 0.15) is 206 Å². The van der Waals surface area contributed by atoms with Crippen LogP contribution in [0.25, 0.3) is 0 Å². The topological polar surface area (TPSA) is 49.4 Å². The lowest BCUT2D eigenvalue weighted by Crippen LogP contribution is -2.46. The summed E-state index contributed by atoms with van der Waals surface area (Å²) in [5, 5.41) is 3.11. The number of allylic oxidation sites excluding steroid dienone is 4. The molecule has 0 spiro atoms. The minimum atomic E-state index is -0.265. The lowest BCUT2D eigenvalue weighted by atomic mass is 10.1. The lowest BCUT2D eigenvalue weighted by Gasteiger charge is -2.24. The Morgan fingerprint density at radius 2 is 0.956 bits per heavy atom. The van der Waals surface area contributed by atoms with Gasteiger partial charge in [0.1, 0.15) is 6.04 Å². The predicted molar refractivity (Wildman–Crippen MR) is 197 cm³/mol. The highest BCUT2D eigenvalue weighted by Crippen LogP contribution is 2.19. The fraction of sp³-hybridized carbons (Fsp3) is 0.854. The first-order chi connectivity index (χ1) is 22.2. The number of hydrogen-bond acceptors (Lipinski definition) is 2. The largest absolute Gasteiger partial charge is 0.354 e. The van der Waals surface area contributed by atoms with Crippen LogP contribution < -0.4 is 5.32 Å². The van der Waals surface area contributed by atoms with E-state index in [-0.39, 0.29) is 17.9 Å². The highest BCUT2D eigenvalue weighted by atomic mass is 16.2. The summed E-state index contributed by atoms with van der Waals surface area (Å²) in [4.78, 5) is 27.5. The third kappa shape index (κ3) is 25.2. The fourth-order valence-electron chi connectivity index (χ4n) is 6.55. The molecule has 0 aromatic heterocycles. The summed E-state index contributed by atoms with van der Waals surface area (Å²) in [6, 6.07) is -0.265. The minimum absolute atomic E-state index is 0.0457. The molecule has 4 heteroatoms.